The van der Waals surface area contributed by atoms with Crippen molar-refractivity contribution in [1.29, 1.82) is 0 Å². The smallest absolute Gasteiger partial charge is 0.261 e. The highest BCUT2D eigenvalue weighted by atomic mass is 32.2. The SMILES string of the molecule is CNCc1ccc(-c2cncn2C)c(NS(=O)(=O)c2ccccc2)c1. The minimum atomic E-state index is -3.67. The lowest BCUT2D eigenvalue weighted by Crippen LogP contribution is -2.14. The maximum atomic E-state index is 12.7. The first kappa shape index (κ1) is 17.2. The molecule has 0 aliphatic heterocycles. The number of imidazole rings is 1. The Labute approximate surface area is 147 Å². The van der Waals surface area contributed by atoms with Crippen LogP contribution >= 0.6 is 0 Å². The molecule has 130 valence electrons. The van der Waals surface area contributed by atoms with Crippen molar-refractivity contribution in [2.75, 3.05) is 11.8 Å². The van der Waals surface area contributed by atoms with Crippen LogP contribution in [0.2, 0.25) is 0 Å². The van der Waals surface area contributed by atoms with Crippen LogP contribution in [0.25, 0.3) is 11.3 Å². The van der Waals surface area contributed by atoms with Crippen LogP contribution in [0.15, 0.2) is 66.0 Å². The second-order valence-corrected chi connectivity index (χ2v) is 7.40. The molecule has 0 fully saturated rings. The fourth-order valence-electron chi connectivity index (χ4n) is 2.63. The summed E-state index contributed by atoms with van der Waals surface area (Å²) in [6.45, 7) is 0.645. The zero-order chi connectivity index (χ0) is 17.9. The number of nitrogens with one attached hydrogen (secondary N) is 2. The van der Waals surface area contributed by atoms with E-state index in [2.05, 4.69) is 15.0 Å². The molecule has 0 amide bonds. The third-order valence-electron chi connectivity index (χ3n) is 3.86. The van der Waals surface area contributed by atoms with Crippen molar-refractivity contribution in [2.24, 2.45) is 7.05 Å². The summed E-state index contributed by atoms with van der Waals surface area (Å²) in [5.41, 5.74) is 3.13. The molecule has 1 aromatic heterocycles. The van der Waals surface area contributed by atoms with Gasteiger partial charge < -0.3 is 9.88 Å². The van der Waals surface area contributed by atoms with Gasteiger partial charge in [-0.15, -0.1) is 0 Å². The van der Waals surface area contributed by atoms with Gasteiger partial charge in [0.1, 0.15) is 0 Å². The molecule has 0 saturated carbocycles. The second-order valence-electron chi connectivity index (χ2n) is 5.72. The summed E-state index contributed by atoms with van der Waals surface area (Å²) >= 11 is 0. The summed E-state index contributed by atoms with van der Waals surface area (Å²) < 4.78 is 30.0. The number of hydrogen-bond donors (Lipinski definition) is 2. The molecule has 0 aliphatic carbocycles. The van der Waals surface area contributed by atoms with Crippen molar-refractivity contribution in [2.45, 2.75) is 11.4 Å². The number of nitrogens with zero attached hydrogens (tertiary/aromatic N) is 2. The minimum Gasteiger partial charge on any atom is -0.334 e. The Hall–Kier alpha value is -2.64. The lowest BCUT2D eigenvalue weighted by atomic mass is 10.1. The van der Waals surface area contributed by atoms with Crippen LogP contribution in [-0.4, -0.2) is 25.0 Å². The summed E-state index contributed by atoms with van der Waals surface area (Å²) in [6.07, 6.45) is 3.40. The lowest BCUT2D eigenvalue weighted by Gasteiger charge is -2.15. The van der Waals surface area contributed by atoms with Gasteiger partial charge in [0.2, 0.25) is 0 Å². The predicted molar refractivity (Wildman–Crippen MR) is 98.7 cm³/mol. The van der Waals surface area contributed by atoms with Gasteiger partial charge in [-0.25, -0.2) is 13.4 Å². The molecule has 3 rings (SSSR count). The molecular weight excluding hydrogens is 336 g/mol. The molecular formula is C18H20N4O2S. The quantitative estimate of drug-likeness (QED) is 0.712. The van der Waals surface area contributed by atoms with Crippen LogP contribution in [0, 0.1) is 0 Å². The number of aromatic nitrogens is 2. The van der Waals surface area contributed by atoms with Gasteiger partial charge in [0, 0.05) is 19.2 Å². The number of aryl methyl sites for hydroxylation is 1. The zero-order valence-electron chi connectivity index (χ0n) is 14.1. The van der Waals surface area contributed by atoms with Crippen molar-refractivity contribution < 1.29 is 8.42 Å². The topological polar surface area (TPSA) is 76.0 Å². The van der Waals surface area contributed by atoms with E-state index in [0.29, 0.717) is 12.2 Å². The van der Waals surface area contributed by atoms with Crippen LogP contribution in [0.5, 0.6) is 0 Å². The highest BCUT2D eigenvalue weighted by Crippen LogP contribution is 2.30. The first-order valence-corrected chi connectivity index (χ1v) is 9.31. The third kappa shape index (κ3) is 3.72. The number of hydrogen-bond acceptors (Lipinski definition) is 4. The molecule has 1 heterocycles. The molecule has 0 unspecified atom stereocenters. The summed E-state index contributed by atoms with van der Waals surface area (Å²) in [5, 5.41) is 3.08. The number of rotatable bonds is 6. The monoisotopic (exact) mass is 356 g/mol. The normalized spacial score (nSPS) is 11.4. The Kier molecular flexibility index (Phi) is 4.87. The average molecular weight is 356 g/mol. The molecule has 0 radical (unpaired) electrons. The maximum Gasteiger partial charge on any atom is 0.261 e. The molecule has 3 aromatic rings. The Morgan fingerprint density at radius 3 is 2.52 bits per heavy atom. The molecule has 2 N–H and O–H groups in total. The molecule has 0 bridgehead atoms. The fourth-order valence-corrected chi connectivity index (χ4v) is 3.73. The van der Waals surface area contributed by atoms with Gasteiger partial charge >= 0.3 is 0 Å². The number of benzene rings is 2. The second kappa shape index (κ2) is 7.08. The molecule has 0 atom stereocenters. The Balaban J connectivity index is 2.07. The van der Waals surface area contributed by atoms with E-state index < -0.39 is 10.0 Å². The van der Waals surface area contributed by atoms with Gasteiger partial charge in [0.05, 0.1) is 28.8 Å². The zero-order valence-corrected chi connectivity index (χ0v) is 14.9. The van der Waals surface area contributed by atoms with Crippen LogP contribution in [0.4, 0.5) is 5.69 Å². The van der Waals surface area contributed by atoms with Crippen LogP contribution in [0.1, 0.15) is 5.56 Å². The molecule has 0 spiro atoms. The van der Waals surface area contributed by atoms with Crippen molar-refractivity contribution in [3.8, 4) is 11.3 Å². The first-order chi connectivity index (χ1) is 12.0. The standard InChI is InChI=1S/C18H20N4O2S/c1-19-11-14-8-9-16(18-12-20-13-22(18)2)17(10-14)21-25(23,24)15-6-4-3-5-7-15/h3-10,12-13,19,21H,11H2,1-2H3. The predicted octanol–water partition coefficient (Wildman–Crippen LogP) is 2.61. The summed E-state index contributed by atoms with van der Waals surface area (Å²) in [5.74, 6) is 0. The van der Waals surface area contributed by atoms with Gasteiger partial charge in [-0.3, -0.25) is 4.72 Å². The van der Waals surface area contributed by atoms with E-state index in [1.54, 1.807) is 42.9 Å². The summed E-state index contributed by atoms with van der Waals surface area (Å²) in [4.78, 5) is 4.35. The van der Waals surface area contributed by atoms with Gasteiger partial charge in [-0.1, -0.05) is 30.3 Å². The molecule has 7 heteroatoms. The molecule has 25 heavy (non-hydrogen) atoms. The van der Waals surface area contributed by atoms with Gasteiger partial charge in [0.15, 0.2) is 0 Å². The molecule has 0 aliphatic rings. The van der Waals surface area contributed by atoms with Crippen molar-refractivity contribution in [1.82, 2.24) is 14.9 Å². The van der Waals surface area contributed by atoms with Gasteiger partial charge in [-0.2, -0.15) is 0 Å². The van der Waals surface area contributed by atoms with Crippen LogP contribution < -0.4 is 10.0 Å². The van der Waals surface area contributed by atoms with E-state index in [1.807, 2.05) is 36.9 Å². The first-order valence-electron chi connectivity index (χ1n) is 7.83. The van der Waals surface area contributed by atoms with Gasteiger partial charge in [-0.05, 0) is 30.8 Å². The van der Waals surface area contributed by atoms with Crippen molar-refractivity contribution in [3.63, 3.8) is 0 Å². The van der Waals surface area contributed by atoms with Crippen LogP contribution in [-0.2, 0) is 23.6 Å². The van der Waals surface area contributed by atoms with Crippen molar-refractivity contribution >= 4 is 15.7 Å². The van der Waals surface area contributed by atoms with E-state index in [1.165, 1.54) is 0 Å². The Morgan fingerprint density at radius 2 is 1.88 bits per heavy atom. The fraction of sp³-hybridized carbons (Fsp3) is 0.167. The molecule has 0 saturated heterocycles. The number of anilines is 1. The van der Waals surface area contributed by atoms with Crippen molar-refractivity contribution in [3.05, 3.63) is 66.6 Å². The maximum absolute atomic E-state index is 12.7. The lowest BCUT2D eigenvalue weighted by molar-refractivity contribution is 0.601. The third-order valence-corrected chi connectivity index (χ3v) is 5.24. The Bertz CT molecular complexity index is 966. The number of sulfonamides is 1. The van der Waals surface area contributed by atoms with Crippen LogP contribution in [0.3, 0.4) is 0 Å². The minimum absolute atomic E-state index is 0.227. The largest absolute Gasteiger partial charge is 0.334 e. The van der Waals surface area contributed by atoms with Gasteiger partial charge in [0.25, 0.3) is 10.0 Å². The highest BCUT2D eigenvalue weighted by Gasteiger charge is 2.18. The van der Waals surface area contributed by atoms with E-state index in [0.717, 1.165) is 16.8 Å². The average Bonchev–Trinajstić information content (AvgIpc) is 3.02. The highest BCUT2D eigenvalue weighted by molar-refractivity contribution is 7.92. The van der Waals surface area contributed by atoms with E-state index in [-0.39, 0.29) is 4.90 Å². The summed E-state index contributed by atoms with van der Waals surface area (Å²) in [7, 11) is 0.0528. The van der Waals surface area contributed by atoms with E-state index >= 15 is 0 Å². The van der Waals surface area contributed by atoms with E-state index in [4.69, 9.17) is 0 Å². The Morgan fingerprint density at radius 1 is 1.12 bits per heavy atom. The molecule has 2 aromatic carbocycles. The summed E-state index contributed by atoms with van der Waals surface area (Å²) in [6, 6.07) is 14.1. The van der Waals surface area contributed by atoms with E-state index in [9.17, 15) is 8.42 Å². The molecule has 6 nitrogen and oxygen atoms in total.